The highest BCUT2D eigenvalue weighted by Crippen LogP contribution is 2.25. The predicted octanol–water partition coefficient (Wildman–Crippen LogP) is 2.92. The van der Waals surface area contributed by atoms with Crippen LogP contribution in [0.5, 0.6) is 0 Å². The van der Waals surface area contributed by atoms with Crippen LogP contribution in [0.4, 0.5) is 0 Å². The summed E-state index contributed by atoms with van der Waals surface area (Å²) in [4.78, 5) is 25.1. The van der Waals surface area contributed by atoms with Gasteiger partial charge in [-0.15, -0.1) is 11.3 Å². The fourth-order valence-electron chi connectivity index (χ4n) is 2.28. The van der Waals surface area contributed by atoms with E-state index in [1.54, 1.807) is 11.3 Å². The number of nitrogens with one attached hydrogen (secondary N) is 2. The Morgan fingerprint density at radius 3 is 2.39 bits per heavy atom. The summed E-state index contributed by atoms with van der Waals surface area (Å²) in [5.41, 5.74) is 0.934. The molecule has 2 N–H and O–H groups in total. The Morgan fingerprint density at radius 2 is 1.78 bits per heavy atom. The van der Waals surface area contributed by atoms with Gasteiger partial charge in [0.05, 0.1) is 19.0 Å². The van der Waals surface area contributed by atoms with Crippen molar-refractivity contribution in [3.63, 3.8) is 0 Å². The summed E-state index contributed by atoms with van der Waals surface area (Å²) in [7, 11) is 0. The standard InChI is InChI=1S/C18H22N2O2S/c1-13(2)18(15-9-6-10-23-15)20-17(22)12-19-16(21)11-14-7-4-3-5-8-14/h3-10,13,18H,11-12H2,1-2H3,(H,19,21)(H,20,22). The van der Waals surface area contributed by atoms with E-state index >= 15 is 0 Å². The van der Waals surface area contributed by atoms with E-state index in [4.69, 9.17) is 0 Å². The van der Waals surface area contributed by atoms with Crippen molar-refractivity contribution in [2.75, 3.05) is 6.54 Å². The SMILES string of the molecule is CC(C)C(NC(=O)CNC(=O)Cc1ccccc1)c1cccs1. The van der Waals surface area contributed by atoms with Crippen molar-refractivity contribution in [2.24, 2.45) is 5.92 Å². The molecule has 23 heavy (non-hydrogen) atoms. The molecule has 2 rings (SSSR count). The van der Waals surface area contributed by atoms with Gasteiger partial charge in [-0.05, 0) is 22.9 Å². The van der Waals surface area contributed by atoms with Crippen molar-refractivity contribution in [2.45, 2.75) is 26.3 Å². The van der Waals surface area contributed by atoms with E-state index in [9.17, 15) is 9.59 Å². The molecular formula is C18H22N2O2S. The van der Waals surface area contributed by atoms with Gasteiger partial charge < -0.3 is 10.6 Å². The van der Waals surface area contributed by atoms with E-state index in [0.29, 0.717) is 0 Å². The molecule has 1 aromatic heterocycles. The first-order valence-corrected chi connectivity index (χ1v) is 8.57. The van der Waals surface area contributed by atoms with Gasteiger partial charge >= 0.3 is 0 Å². The van der Waals surface area contributed by atoms with Gasteiger partial charge in [-0.25, -0.2) is 0 Å². The third kappa shape index (κ3) is 5.53. The lowest BCUT2D eigenvalue weighted by Gasteiger charge is -2.21. The average Bonchev–Trinajstić information content (AvgIpc) is 3.05. The van der Waals surface area contributed by atoms with Crippen LogP contribution >= 0.6 is 11.3 Å². The molecule has 0 saturated heterocycles. The second-order valence-corrected chi connectivity index (χ2v) is 6.72. The number of benzene rings is 1. The van der Waals surface area contributed by atoms with Crippen LogP contribution in [0.2, 0.25) is 0 Å². The lowest BCUT2D eigenvalue weighted by Crippen LogP contribution is -2.40. The molecule has 2 amide bonds. The molecule has 0 aliphatic carbocycles. The monoisotopic (exact) mass is 330 g/mol. The van der Waals surface area contributed by atoms with E-state index in [0.717, 1.165) is 10.4 Å². The summed E-state index contributed by atoms with van der Waals surface area (Å²) in [6.45, 7) is 4.14. The van der Waals surface area contributed by atoms with Gasteiger partial charge in [0.25, 0.3) is 0 Å². The first-order valence-electron chi connectivity index (χ1n) is 7.69. The van der Waals surface area contributed by atoms with Gasteiger partial charge in [0.15, 0.2) is 0 Å². The zero-order valence-corrected chi connectivity index (χ0v) is 14.2. The molecule has 122 valence electrons. The molecule has 0 aliphatic heterocycles. The van der Waals surface area contributed by atoms with Crippen LogP contribution < -0.4 is 10.6 Å². The van der Waals surface area contributed by atoms with E-state index < -0.39 is 0 Å². The van der Waals surface area contributed by atoms with Gasteiger partial charge in [0.2, 0.25) is 11.8 Å². The van der Waals surface area contributed by atoms with Crippen molar-refractivity contribution < 1.29 is 9.59 Å². The highest BCUT2D eigenvalue weighted by atomic mass is 32.1. The van der Waals surface area contributed by atoms with Crippen molar-refractivity contribution in [1.82, 2.24) is 10.6 Å². The second-order valence-electron chi connectivity index (χ2n) is 5.74. The Bertz CT molecular complexity index is 624. The largest absolute Gasteiger partial charge is 0.347 e. The Kier molecular flexibility index (Phi) is 6.35. The molecule has 1 aromatic carbocycles. The second kappa shape index (κ2) is 8.48. The van der Waals surface area contributed by atoms with Crippen LogP contribution in [-0.2, 0) is 16.0 Å². The molecular weight excluding hydrogens is 308 g/mol. The van der Waals surface area contributed by atoms with Gasteiger partial charge in [-0.1, -0.05) is 50.2 Å². The van der Waals surface area contributed by atoms with Crippen molar-refractivity contribution in [3.8, 4) is 0 Å². The summed E-state index contributed by atoms with van der Waals surface area (Å²) >= 11 is 1.63. The van der Waals surface area contributed by atoms with Crippen LogP contribution in [0.3, 0.4) is 0 Å². The van der Waals surface area contributed by atoms with Crippen LogP contribution in [0.25, 0.3) is 0 Å². The van der Waals surface area contributed by atoms with E-state index in [1.165, 1.54) is 0 Å². The maximum atomic E-state index is 12.1. The molecule has 0 radical (unpaired) electrons. The lowest BCUT2D eigenvalue weighted by molar-refractivity contribution is -0.126. The summed E-state index contributed by atoms with van der Waals surface area (Å²) in [5.74, 6) is -0.0281. The Morgan fingerprint density at radius 1 is 1.04 bits per heavy atom. The molecule has 0 aliphatic rings. The van der Waals surface area contributed by atoms with Crippen molar-refractivity contribution in [3.05, 3.63) is 58.3 Å². The normalized spacial score (nSPS) is 12.0. The molecule has 5 heteroatoms. The van der Waals surface area contributed by atoms with Crippen LogP contribution in [0.1, 0.15) is 30.3 Å². The summed E-state index contributed by atoms with van der Waals surface area (Å²) in [6, 6.07) is 13.5. The topological polar surface area (TPSA) is 58.2 Å². The van der Waals surface area contributed by atoms with Crippen molar-refractivity contribution in [1.29, 1.82) is 0 Å². The zero-order valence-electron chi connectivity index (χ0n) is 13.4. The maximum Gasteiger partial charge on any atom is 0.239 e. The van der Waals surface area contributed by atoms with Crippen LogP contribution in [-0.4, -0.2) is 18.4 Å². The van der Waals surface area contributed by atoms with Gasteiger partial charge in [0.1, 0.15) is 0 Å². The fraction of sp³-hybridized carbons (Fsp3) is 0.333. The number of thiophene rings is 1. The van der Waals surface area contributed by atoms with E-state index in [-0.39, 0.29) is 36.7 Å². The summed E-state index contributed by atoms with van der Waals surface area (Å²) in [5, 5.41) is 7.67. The highest BCUT2D eigenvalue weighted by Gasteiger charge is 2.19. The lowest BCUT2D eigenvalue weighted by atomic mass is 10.0. The molecule has 1 atom stereocenters. The highest BCUT2D eigenvalue weighted by molar-refractivity contribution is 7.10. The van der Waals surface area contributed by atoms with Crippen LogP contribution in [0, 0.1) is 5.92 Å². The quantitative estimate of drug-likeness (QED) is 0.820. The minimum atomic E-state index is -0.168. The number of carbonyl (C=O) groups excluding carboxylic acids is 2. The maximum absolute atomic E-state index is 12.1. The number of carbonyl (C=O) groups is 2. The van der Waals surface area contributed by atoms with Gasteiger partial charge in [0, 0.05) is 4.88 Å². The smallest absolute Gasteiger partial charge is 0.239 e. The first-order chi connectivity index (χ1) is 11.1. The summed E-state index contributed by atoms with van der Waals surface area (Å²) < 4.78 is 0. The molecule has 1 heterocycles. The minimum Gasteiger partial charge on any atom is -0.347 e. The zero-order chi connectivity index (χ0) is 16.7. The third-order valence-corrected chi connectivity index (χ3v) is 4.44. The molecule has 0 bridgehead atoms. The van der Waals surface area contributed by atoms with Crippen LogP contribution in [0.15, 0.2) is 47.8 Å². The predicted molar refractivity (Wildman–Crippen MR) is 93.2 cm³/mol. The molecule has 1 unspecified atom stereocenters. The molecule has 0 spiro atoms. The molecule has 0 fully saturated rings. The number of rotatable bonds is 7. The van der Waals surface area contributed by atoms with Gasteiger partial charge in [-0.3, -0.25) is 9.59 Å². The van der Waals surface area contributed by atoms with Crippen molar-refractivity contribution >= 4 is 23.2 Å². The average molecular weight is 330 g/mol. The fourth-order valence-corrected chi connectivity index (χ4v) is 3.23. The number of hydrogen-bond donors (Lipinski definition) is 2. The molecule has 0 saturated carbocycles. The first kappa shape index (κ1) is 17.2. The number of amides is 2. The number of hydrogen-bond acceptors (Lipinski definition) is 3. The third-order valence-electron chi connectivity index (χ3n) is 3.49. The molecule has 2 aromatic rings. The Balaban J connectivity index is 1.81. The van der Waals surface area contributed by atoms with Gasteiger partial charge in [-0.2, -0.15) is 0 Å². The van der Waals surface area contributed by atoms with E-state index in [1.807, 2.05) is 47.8 Å². The summed E-state index contributed by atoms with van der Waals surface area (Å²) in [6.07, 6.45) is 0.284. The Hall–Kier alpha value is -2.14. The van der Waals surface area contributed by atoms with E-state index in [2.05, 4.69) is 24.5 Å². The Labute approximate surface area is 140 Å². The molecule has 4 nitrogen and oxygen atoms in total. The minimum absolute atomic E-state index is 0.000260.